The van der Waals surface area contributed by atoms with Crippen LogP contribution in [-0.4, -0.2) is 30.2 Å². The smallest absolute Gasteiger partial charge is 0.265 e. The number of hydrogen-bond donors (Lipinski definition) is 1. The Morgan fingerprint density at radius 2 is 2.31 bits per heavy atom. The fourth-order valence-corrected chi connectivity index (χ4v) is 1.75. The van der Waals surface area contributed by atoms with Crippen LogP contribution in [0.25, 0.3) is 0 Å². The number of nitrogens with zero attached hydrogens (tertiary/aromatic N) is 1. The summed E-state index contributed by atoms with van der Waals surface area (Å²) in [4.78, 5) is 16.5. The predicted molar refractivity (Wildman–Crippen MR) is 47.6 cm³/mol. The fourth-order valence-electron chi connectivity index (χ4n) is 1.75. The van der Waals surface area contributed by atoms with Gasteiger partial charge in [-0.3, -0.25) is 9.63 Å². The van der Waals surface area contributed by atoms with Gasteiger partial charge in [-0.2, -0.15) is 0 Å². The molecule has 2 N–H and O–H groups in total. The zero-order valence-electron chi connectivity index (χ0n) is 7.74. The number of carbonyl (C=O) groups excluding carboxylic acids is 1. The van der Waals surface area contributed by atoms with E-state index in [1.807, 2.05) is 0 Å². The molecule has 0 aromatic carbocycles. The van der Waals surface area contributed by atoms with Crippen molar-refractivity contribution < 1.29 is 9.63 Å². The van der Waals surface area contributed by atoms with E-state index in [2.05, 4.69) is 0 Å². The van der Waals surface area contributed by atoms with E-state index in [-0.39, 0.29) is 5.91 Å². The highest BCUT2D eigenvalue weighted by Crippen LogP contribution is 2.29. The molecule has 1 heterocycles. The molecular formula is C9H16N2O2. The summed E-state index contributed by atoms with van der Waals surface area (Å²) in [5.74, 6) is 0.757. The maximum atomic E-state index is 11.3. The first-order valence-corrected chi connectivity index (χ1v) is 4.97. The molecule has 0 radical (unpaired) electrons. The number of hydroxylamine groups is 2. The average molecular weight is 184 g/mol. The van der Waals surface area contributed by atoms with Crippen molar-refractivity contribution in [2.75, 3.05) is 13.2 Å². The minimum atomic E-state index is -0.429. The molecule has 2 aliphatic rings. The van der Waals surface area contributed by atoms with E-state index in [0.29, 0.717) is 6.61 Å². The number of carbonyl (C=O) groups is 1. The fraction of sp³-hybridized carbons (Fsp3) is 0.889. The van der Waals surface area contributed by atoms with Gasteiger partial charge in [0.05, 0.1) is 6.61 Å². The number of hydrogen-bond acceptors (Lipinski definition) is 3. The lowest BCUT2D eigenvalue weighted by molar-refractivity contribution is -0.162. The Morgan fingerprint density at radius 1 is 1.54 bits per heavy atom. The summed E-state index contributed by atoms with van der Waals surface area (Å²) >= 11 is 0. The predicted octanol–water partition coefficient (Wildman–Crippen LogP) is 0.278. The Balaban J connectivity index is 1.72. The molecule has 1 aliphatic carbocycles. The molecule has 13 heavy (non-hydrogen) atoms. The van der Waals surface area contributed by atoms with Crippen molar-refractivity contribution in [2.45, 2.75) is 31.7 Å². The topological polar surface area (TPSA) is 55.6 Å². The molecule has 1 amide bonds. The van der Waals surface area contributed by atoms with E-state index in [0.717, 1.165) is 18.9 Å². The second-order valence-corrected chi connectivity index (χ2v) is 3.93. The van der Waals surface area contributed by atoms with Gasteiger partial charge >= 0.3 is 0 Å². The van der Waals surface area contributed by atoms with Crippen molar-refractivity contribution in [3.63, 3.8) is 0 Å². The van der Waals surface area contributed by atoms with Crippen molar-refractivity contribution in [3.05, 3.63) is 0 Å². The van der Waals surface area contributed by atoms with Crippen LogP contribution in [0.3, 0.4) is 0 Å². The summed E-state index contributed by atoms with van der Waals surface area (Å²) in [6.45, 7) is 1.07. The quantitative estimate of drug-likeness (QED) is 0.685. The Kier molecular flexibility index (Phi) is 2.51. The Bertz CT molecular complexity index is 204. The maximum Gasteiger partial charge on any atom is 0.265 e. The van der Waals surface area contributed by atoms with Crippen LogP contribution in [0.2, 0.25) is 0 Å². The van der Waals surface area contributed by atoms with Gasteiger partial charge in [-0.15, -0.1) is 0 Å². The highest BCUT2D eigenvalue weighted by molar-refractivity contribution is 5.82. The standard InChI is InChI=1S/C9H16N2O2/c10-8-6-13-11(9(8)12)5-4-7-2-1-3-7/h7-8H,1-6,10H2. The van der Waals surface area contributed by atoms with E-state index >= 15 is 0 Å². The van der Waals surface area contributed by atoms with Crippen molar-refractivity contribution >= 4 is 5.91 Å². The molecular weight excluding hydrogens is 168 g/mol. The van der Waals surface area contributed by atoms with Crippen LogP contribution in [0.5, 0.6) is 0 Å². The third-order valence-electron chi connectivity index (χ3n) is 2.94. The van der Waals surface area contributed by atoms with Gasteiger partial charge in [0.15, 0.2) is 0 Å². The van der Waals surface area contributed by atoms with Gasteiger partial charge < -0.3 is 5.73 Å². The van der Waals surface area contributed by atoms with Crippen LogP contribution >= 0.6 is 0 Å². The average Bonchev–Trinajstić information content (AvgIpc) is 2.33. The summed E-state index contributed by atoms with van der Waals surface area (Å²) < 4.78 is 0. The molecule has 2 rings (SSSR count). The summed E-state index contributed by atoms with van der Waals surface area (Å²) in [7, 11) is 0. The summed E-state index contributed by atoms with van der Waals surface area (Å²) in [6, 6.07) is -0.429. The third-order valence-corrected chi connectivity index (χ3v) is 2.94. The van der Waals surface area contributed by atoms with E-state index in [9.17, 15) is 4.79 Å². The molecule has 0 aromatic rings. The lowest BCUT2D eigenvalue weighted by Gasteiger charge is -2.26. The van der Waals surface area contributed by atoms with Crippen molar-refractivity contribution in [3.8, 4) is 0 Å². The number of amides is 1. The lowest BCUT2D eigenvalue weighted by atomic mass is 9.83. The van der Waals surface area contributed by atoms with Crippen LogP contribution in [0.15, 0.2) is 0 Å². The first-order chi connectivity index (χ1) is 6.27. The molecule has 1 atom stereocenters. The first-order valence-electron chi connectivity index (χ1n) is 4.97. The van der Waals surface area contributed by atoms with Crippen LogP contribution in [0.1, 0.15) is 25.7 Å². The number of nitrogens with two attached hydrogens (primary N) is 1. The van der Waals surface area contributed by atoms with Crippen molar-refractivity contribution in [1.29, 1.82) is 0 Å². The van der Waals surface area contributed by atoms with Gasteiger partial charge in [-0.1, -0.05) is 19.3 Å². The van der Waals surface area contributed by atoms with Crippen LogP contribution < -0.4 is 5.73 Å². The minimum absolute atomic E-state index is 0.0562. The number of rotatable bonds is 3. The van der Waals surface area contributed by atoms with E-state index < -0.39 is 6.04 Å². The largest absolute Gasteiger partial charge is 0.318 e. The van der Waals surface area contributed by atoms with E-state index in [4.69, 9.17) is 10.6 Å². The second kappa shape index (κ2) is 3.64. The Hall–Kier alpha value is -0.610. The van der Waals surface area contributed by atoms with Gasteiger partial charge in [0.2, 0.25) is 0 Å². The molecule has 0 spiro atoms. The zero-order valence-corrected chi connectivity index (χ0v) is 7.74. The molecule has 1 unspecified atom stereocenters. The van der Waals surface area contributed by atoms with Crippen LogP contribution in [-0.2, 0) is 9.63 Å². The van der Waals surface area contributed by atoms with Gasteiger partial charge in [0, 0.05) is 6.54 Å². The van der Waals surface area contributed by atoms with E-state index in [1.54, 1.807) is 0 Å². The Morgan fingerprint density at radius 3 is 2.77 bits per heavy atom. The summed E-state index contributed by atoms with van der Waals surface area (Å²) in [5, 5.41) is 1.43. The van der Waals surface area contributed by atoms with Crippen LogP contribution in [0, 0.1) is 5.92 Å². The normalized spacial score (nSPS) is 29.5. The molecule has 1 aliphatic heterocycles. The molecule has 0 aromatic heterocycles. The minimum Gasteiger partial charge on any atom is -0.318 e. The third kappa shape index (κ3) is 1.84. The molecule has 4 nitrogen and oxygen atoms in total. The summed E-state index contributed by atoms with van der Waals surface area (Å²) in [6.07, 6.45) is 5.04. The zero-order chi connectivity index (χ0) is 9.26. The molecule has 0 bridgehead atoms. The SMILES string of the molecule is NC1CON(CCC2CCC2)C1=O. The second-order valence-electron chi connectivity index (χ2n) is 3.93. The monoisotopic (exact) mass is 184 g/mol. The molecule has 74 valence electrons. The Labute approximate surface area is 78.0 Å². The van der Waals surface area contributed by atoms with Crippen LogP contribution in [0.4, 0.5) is 0 Å². The molecule has 1 saturated heterocycles. The molecule has 4 heteroatoms. The van der Waals surface area contributed by atoms with Gasteiger partial charge in [0.25, 0.3) is 5.91 Å². The van der Waals surface area contributed by atoms with Gasteiger partial charge in [-0.25, -0.2) is 5.06 Å². The first kappa shape index (κ1) is 8.97. The van der Waals surface area contributed by atoms with Gasteiger partial charge in [-0.05, 0) is 12.3 Å². The van der Waals surface area contributed by atoms with Gasteiger partial charge in [0.1, 0.15) is 6.04 Å². The molecule has 2 fully saturated rings. The van der Waals surface area contributed by atoms with Crippen molar-refractivity contribution in [2.24, 2.45) is 11.7 Å². The highest BCUT2D eigenvalue weighted by Gasteiger charge is 2.30. The summed E-state index contributed by atoms with van der Waals surface area (Å²) in [5.41, 5.74) is 5.51. The molecule has 1 saturated carbocycles. The van der Waals surface area contributed by atoms with Crippen molar-refractivity contribution in [1.82, 2.24) is 5.06 Å². The maximum absolute atomic E-state index is 11.3. The lowest BCUT2D eigenvalue weighted by Crippen LogP contribution is -2.35. The van der Waals surface area contributed by atoms with E-state index in [1.165, 1.54) is 24.3 Å². The highest BCUT2D eigenvalue weighted by atomic mass is 16.7.